The summed E-state index contributed by atoms with van der Waals surface area (Å²) in [6.07, 6.45) is 3.15. The van der Waals surface area contributed by atoms with Crippen LogP contribution in [0.25, 0.3) is 0 Å². The van der Waals surface area contributed by atoms with Gasteiger partial charge in [0.25, 0.3) is 0 Å². The molecule has 1 aromatic carbocycles. The van der Waals surface area contributed by atoms with E-state index in [9.17, 15) is 14.4 Å². The highest BCUT2D eigenvalue weighted by Gasteiger charge is 2.38. The smallest absolute Gasteiger partial charge is 0.228 e. The lowest BCUT2D eigenvalue weighted by molar-refractivity contribution is -0.138. The van der Waals surface area contributed by atoms with Gasteiger partial charge < -0.3 is 15.1 Å². The molecule has 7 heteroatoms. The average Bonchev–Trinajstić information content (AvgIpc) is 3.15. The molecule has 0 radical (unpaired) electrons. The van der Waals surface area contributed by atoms with Crippen molar-refractivity contribution in [1.82, 2.24) is 9.88 Å². The van der Waals surface area contributed by atoms with Crippen LogP contribution in [0.15, 0.2) is 42.6 Å². The molecule has 2 aliphatic heterocycles. The summed E-state index contributed by atoms with van der Waals surface area (Å²) in [6.45, 7) is 5.44. The number of hydrogen-bond donors (Lipinski definition) is 1. The van der Waals surface area contributed by atoms with Gasteiger partial charge in [0, 0.05) is 43.9 Å². The van der Waals surface area contributed by atoms with Crippen molar-refractivity contribution in [2.24, 2.45) is 11.8 Å². The number of benzene rings is 1. The van der Waals surface area contributed by atoms with Crippen LogP contribution in [-0.4, -0.2) is 47.2 Å². The zero-order chi connectivity index (χ0) is 22.0. The maximum Gasteiger partial charge on any atom is 0.228 e. The third-order valence-corrected chi connectivity index (χ3v) is 6.16. The van der Waals surface area contributed by atoms with E-state index in [2.05, 4.69) is 10.3 Å². The van der Waals surface area contributed by atoms with E-state index < -0.39 is 0 Å². The summed E-state index contributed by atoms with van der Waals surface area (Å²) >= 11 is 0. The highest BCUT2D eigenvalue weighted by atomic mass is 16.2. The lowest BCUT2D eigenvalue weighted by atomic mass is 9.94. The fourth-order valence-electron chi connectivity index (χ4n) is 4.30. The molecule has 1 unspecified atom stereocenters. The highest BCUT2D eigenvalue weighted by Crippen LogP contribution is 2.28. The second kappa shape index (κ2) is 8.88. The molecule has 2 aromatic rings. The Labute approximate surface area is 182 Å². The number of aryl methyl sites for hydroxylation is 2. The standard InChI is InChI=1S/C24H28N4O3/c1-16-3-5-20(6-4-16)28-15-19(14-22(28)29)24(31)27-11-8-18(9-12-27)23(30)26-21-13-17(2)7-10-25-21/h3-7,10,13,18-19H,8-9,11-12,14-15H2,1-2H3,(H,25,26,30). The molecule has 0 saturated carbocycles. The van der Waals surface area contributed by atoms with Crippen molar-refractivity contribution >= 4 is 29.2 Å². The van der Waals surface area contributed by atoms with Crippen molar-refractivity contribution in [3.8, 4) is 0 Å². The molecule has 0 bridgehead atoms. The maximum absolute atomic E-state index is 13.0. The second-order valence-electron chi connectivity index (χ2n) is 8.55. The van der Waals surface area contributed by atoms with Crippen LogP contribution < -0.4 is 10.2 Å². The normalized spacial score (nSPS) is 19.5. The molecule has 0 aliphatic carbocycles. The largest absolute Gasteiger partial charge is 0.342 e. The Morgan fingerprint density at radius 1 is 1.00 bits per heavy atom. The number of rotatable bonds is 4. The number of piperidine rings is 1. The Bertz CT molecular complexity index is 981. The predicted molar refractivity (Wildman–Crippen MR) is 119 cm³/mol. The Morgan fingerprint density at radius 3 is 2.39 bits per heavy atom. The van der Waals surface area contributed by atoms with Crippen LogP contribution in [0, 0.1) is 25.7 Å². The number of carbonyl (C=O) groups is 3. The van der Waals surface area contributed by atoms with E-state index in [1.807, 2.05) is 55.1 Å². The molecule has 7 nitrogen and oxygen atoms in total. The summed E-state index contributed by atoms with van der Waals surface area (Å²) in [7, 11) is 0. The van der Waals surface area contributed by atoms with Gasteiger partial charge in [-0.05, 0) is 56.5 Å². The first-order valence-electron chi connectivity index (χ1n) is 10.8. The minimum Gasteiger partial charge on any atom is -0.342 e. The molecule has 0 spiro atoms. The van der Waals surface area contributed by atoms with E-state index in [4.69, 9.17) is 0 Å². The van der Waals surface area contributed by atoms with Gasteiger partial charge in [-0.15, -0.1) is 0 Å². The van der Waals surface area contributed by atoms with Crippen LogP contribution in [0.3, 0.4) is 0 Å². The number of hydrogen-bond acceptors (Lipinski definition) is 4. The van der Waals surface area contributed by atoms with Crippen LogP contribution in [-0.2, 0) is 14.4 Å². The van der Waals surface area contributed by atoms with Crippen LogP contribution in [0.5, 0.6) is 0 Å². The summed E-state index contributed by atoms with van der Waals surface area (Å²) in [5.74, 6) is 0.0524. The molecule has 2 fully saturated rings. The molecule has 1 N–H and O–H groups in total. The molecule has 3 heterocycles. The van der Waals surface area contributed by atoms with Gasteiger partial charge in [0.2, 0.25) is 17.7 Å². The Hall–Kier alpha value is -3.22. The van der Waals surface area contributed by atoms with Crippen molar-refractivity contribution in [1.29, 1.82) is 0 Å². The average molecular weight is 421 g/mol. The van der Waals surface area contributed by atoms with Crippen molar-refractivity contribution in [2.75, 3.05) is 29.9 Å². The van der Waals surface area contributed by atoms with Crippen molar-refractivity contribution in [2.45, 2.75) is 33.1 Å². The molecule has 162 valence electrons. The van der Waals surface area contributed by atoms with Gasteiger partial charge in [-0.3, -0.25) is 14.4 Å². The van der Waals surface area contributed by atoms with E-state index in [0.717, 1.165) is 16.8 Å². The maximum atomic E-state index is 13.0. The van der Waals surface area contributed by atoms with E-state index >= 15 is 0 Å². The number of nitrogens with zero attached hydrogens (tertiary/aromatic N) is 3. The molecule has 4 rings (SSSR count). The Balaban J connectivity index is 1.30. The van der Waals surface area contributed by atoms with Gasteiger partial charge in [0.1, 0.15) is 5.82 Å². The van der Waals surface area contributed by atoms with Gasteiger partial charge in [0.15, 0.2) is 0 Å². The zero-order valence-electron chi connectivity index (χ0n) is 18.0. The van der Waals surface area contributed by atoms with Crippen LogP contribution in [0.2, 0.25) is 0 Å². The summed E-state index contributed by atoms with van der Waals surface area (Å²) in [4.78, 5) is 45.8. The van der Waals surface area contributed by atoms with Gasteiger partial charge in [0.05, 0.1) is 5.92 Å². The lowest BCUT2D eigenvalue weighted by Crippen LogP contribution is -2.44. The fraction of sp³-hybridized carbons (Fsp3) is 0.417. The molecule has 1 atom stereocenters. The minimum atomic E-state index is -0.323. The zero-order valence-corrected chi connectivity index (χ0v) is 18.0. The van der Waals surface area contributed by atoms with Gasteiger partial charge in [-0.25, -0.2) is 4.98 Å². The number of nitrogens with one attached hydrogen (secondary N) is 1. The van der Waals surface area contributed by atoms with Crippen molar-refractivity contribution in [3.63, 3.8) is 0 Å². The third kappa shape index (κ3) is 4.76. The topological polar surface area (TPSA) is 82.6 Å². The van der Waals surface area contributed by atoms with Crippen molar-refractivity contribution < 1.29 is 14.4 Å². The summed E-state index contributed by atoms with van der Waals surface area (Å²) in [5.41, 5.74) is 3.01. The number of likely N-dealkylation sites (tertiary alicyclic amines) is 1. The first kappa shape index (κ1) is 21.0. The van der Waals surface area contributed by atoms with E-state index in [1.54, 1.807) is 11.1 Å². The Morgan fingerprint density at radius 2 is 1.71 bits per heavy atom. The molecule has 31 heavy (non-hydrogen) atoms. The van der Waals surface area contributed by atoms with Crippen LogP contribution in [0.4, 0.5) is 11.5 Å². The van der Waals surface area contributed by atoms with Gasteiger partial charge in [-0.2, -0.15) is 0 Å². The fourth-order valence-corrected chi connectivity index (χ4v) is 4.30. The number of amides is 3. The summed E-state index contributed by atoms with van der Waals surface area (Å²) < 4.78 is 0. The van der Waals surface area contributed by atoms with E-state index in [0.29, 0.717) is 38.3 Å². The number of carbonyl (C=O) groups excluding carboxylic acids is 3. The molecular formula is C24H28N4O3. The molecule has 3 amide bonds. The number of anilines is 2. The predicted octanol–water partition coefficient (Wildman–Crippen LogP) is 2.93. The Kier molecular flexibility index (Phi) is 6.02. The van der Waals surface area contributed by atoms with E-state index in [-0.39, 0.29) is 36.0 Å². The summed E-state index contributed by atoms with van der Waals surface area (Å²) in [6, 6.07) is 11.5. The van der Waals surface area contributed by atoms with Crippen LogP contribution in [0.1, 0.15) is 30.4 Å². The highest BCUT2D eigenvalue weighted by molar-refractivity contribution is 6.00. The van der Waals surface area contributed by atoms with Gasteiger partial charge >= 0.3 is 0 Å². The third-order valence-electron chi connectivity index (χ3n) is 6.16. The number of pyridine rings is 1. The van der Waals surface area contributed by atoms with E-state index in [1.165, 1.54) is 0 Å². The molecule has 2 saturated heterocycles. The van der Waals surface area contributed by atoms with Crippen molar-refractivity contribution in [3.05, 3.63) is 53.7 Å². The summed E-state index contributed by atoms with van der Waals surface area (Å²) in [5, 5.41) is 2.88. The first-order chi connectivity index (χ1) is 14.9. The van der Waals surface area contributed by atoms with Gasteiger partial charge in [-0.1, -0.05) is 17.7 Å². The lowest BCUT2D eigenvalue weighted by Gasteiger charge is -2.32. The molecule has 2 aliphatic rings. The molecular weight excluding hydrogens is 392 g/mol. The monoisotopic (exact) mass is 420 g/mol. The number of aromatic nitrogens is 1. The molecule has 1 aromatic heterocycles. The second-order valence-corrected chi connectivity index (χ2v) is 8.55. The SMILES string of the molecule is Cc1ccc(N2CC(C(=O)N3CCC(C(=O)Nc4cc(C)ccn4)CC3)CC2=O)cc1. The quantitative estimate of drug-likeness (QED) is 0.825. The first-order valence-corrected chi connectivity index (χ1v) is 10.8. The minimum absolute atomic E-state index is 0.0119. The van der Waals surface area contributed by atoms with Crippen LogP contribution >= 0.6 is 0 Å².